The third-order valence-corrected chi connectivity index (χ3v) is 5.47. The first-order valence-corrected chi connectivity index (χ1v) is 11.6. The number of carboxylic acid groups (broad SMARTS) is 1. The highest BCUT2D eigenvalue weighted by atomic mass is 32.1. The maximum absolute atomic E-state index is 12.3. The predicted molar refractivity (Wildman–Crippen MR) is 129 cm³/mol. The van der Waals surface area contributed by atoms with Gasteiger partial charge < -0.3 is 19.5 Å². The van der Waals surface area contributed by atoms with Crippen LogP contribution in [0, 0.1) is 0 Å². The molecular formula is C25H33NO5S. The van der Waals surface area contributed by atoms with Crippen molar-refractivity contribution in [1.82, 2.24) is 4.90 Å². The SMILES string of the molecule is CCCCOc1cc(/C=C(\C)C(=O)O)ccc1-c1csc(CN(C)C(=O)OC(C)(C)C)c1. The summed E-state index contributed by atoms with van der Waals surface area (Å²) in [6.07, 6.45) is 3.23. The molecule has 1 heterocycles. The number of ether oxygens (including phenoxy) is 2. The minimum atomic E-state index is -0.945. The van der Waals surface area contributed by atoms with E-state index >= 15 is 0 Å². The minimum absolute atomic E-state index is 0.264. The standard InChI is InChI=1S/C25H33NO5S/c1-7-8-11-30-22-13-18(12-17(2)23(27)28)9-10-21(22)19-14-20(32-16-19)15-26(6)24(29)31-25(3,4)5/h9-10,12-14,16H,7-8,11,15H2,1-6H3,(H,27,28)/b17-12+. The summed E-state index contributed by atoms with van der Waals surface area (Å²) in [5, 5.41) is 11.2. The Morgan fingerprint density at radius 3 is 2.56 bits per heavy atom. The Bertz CT molecular complexity index is 971. The van der Waals surface area contributed by atoms with Gasteiger partial charge in [-0.25, -0.2) is 9.59 Å². The van der Waals surface area contributed by atoms with Gasteiger partial charge in [0.15, 0.2) is 0 Å². The van der Waals surface area contributed by atoms with Crippen LogP contribution in [0.2, 0.25) is 0 Å². The number of aliphatic carboxylic acids is 1. The van der Waals surface area contributed by atoms with E-state index in [1.54, 1.807) is 36.3 Å². The molecule has 6 nitrogen and oxygen atoms in total. The first-order chi connectivity index (χ1) is 15.0. The van der Waals surface area contributed by atoms with Crippen LogP contribution in [-0.2, 0) is 16.1 Å². The van der Waals surface area contributed by atoms with E-state index in [1.165, 1.54) is 0 Å². The van der Waals surface area contributed by atoms with Crippen LogP contribution in [0.3, 0.4) is 0 Å². The number of carboxylic acids is 1. The van der Waals surface area contributed by atoms with Crippen molar-refractivity contribution in [3.63, 3.8) is 0 Å². The molecular weight excluding hydrogens is 426 g/mol. The molecule has 0 spiro atoms. The average Bonchev–Trinajstić information content (AvgIpc) is 3.15. The highest BCUT2D eigenvalue weighted by Gasteiger charge is 2.20. The number of carbonyl (C=O) groups excluding carboxylic acids is 1. The van der Waals surface area contributed by atoms with Crippen LogP contribution >= 0.6 is 11.3 Å². The van der Waals surface area contributed by atoms with E-state index < -0.39 is 11.6 Å². The molecule has 0 radical (unpaired) electrons. The maximum Gasteiger partial charge on any atom is 0.410 e. The van der Waals surface area contributed by atoms with Crippen LogP contribution in [0.5, 0.6) is 5.75 Å². The number of thiophene rings is 1. The molecule has 0 bridgehead atoms. The molecule has 7 heteroatoms. The highest BCUT2D eigenvalue weighted by molar-refractivity contribution is 7.10. The zero-order valence-electron chi connectivity index (χ0n) is 19.7. The molecule has 0 atom stereocenters. The van der Waals surface area contributed by atoms with Crippen molar-refractivity contribution in [3.05, 3.63) is 45.7 Å². The Labute approximate surface area is 194 Å². The lowest BCUT2D eigenvalue weighted by Gasteiger charge is -2.24. The van der Waals surface area contributed by atoms with Gasteiger partial charge in [-0.2, -0.15) is 0 Å². The monoisotopic (exact) mass is 459 g/mol. The van der Waals surface area contributed by atoms with Crippen LogP contribution in [0.25, 0.3) is 17.2 Å². The maximum atomic E-state index is 12.3. The molecule has 0 fully saturated rings. The molecule has 0 aliphatic carbocycles. The molecule has 1 amide bonds. The molecule has 0 aliphatic rings. The summed E-state index contributed by atoms with van der Waals surface area (Å²) in [5.41, 5.74) is 2.44. The van der Waals surface area contributed by atoms with Crippen molar-refractivity contribution < 1.29 is 24.2 Å². The van der Waals surface area contributed by atoms with E-state index in [-0.39, 0.29) is 11.7 Å². The van der Waals surface area contributed by atoms with E-state index in [4.69, 9.17) is 14.6 Å². The van der Waals surface area contributed by atoms with Crippen molar-refractivity contribution in [3.8, 4) is 16.9 Å². The fourth-order valence-corrected chi connectivity index (χ4v) is 3.80. The average molecular weight is 460 g/mol. The van der Waals surface area contributed by atoms with Gasteiger partial charge in [0.25, 0.3) is 0 Å². The summed E-state index contributed by atoms with van der Waals surface area (Å²) in [5.74, 6) is -0.227. The van der Waals surface area contributed by atoms with Crippen molar-refractivity contribution in [1.29, 1.82) is 0 Å². The van der Waals surface area contributed by atoms with Gasteiger partial charge in [-0.05, 0) is 68.8 Å². The number of hydrogen-bond donors (Lipinski definition) is 1. The molecule has 1 N–H and O–H groups in total. The van der Waals surface area contributed by atoms with Gasteiger partial charge in [0.1, 0.15) is 11.4 Å². The number of rotatable bonds is 9. The third-order valence-electron chi connectivity index (χ3n) is 4.54. The van der Waals surface area contributed by atoms with Gasteiger partial charge in [-0.1, -0.05) is 25.5 Å². The van der Waals surface area contributed by atoms with Crippen molar-refractivity contribution >= 4 is 29.5 Å². The number of hydrogen-bond acceptors (Lipinski definition) is 5. The molecule has 2 aromatic rings. The summed E-state index contributed by atoms with van der Waals surface area (Å²) >= 11 is 1.57. The number of carbonyl (C=O) groups is 2. The normalized spacial score (nSPS) is 11.9. The van der Waals surface area contributed by atoms with Crippen LogP contribution in [0.1, 0.15) is 57.9 Å². The second-order valence-corrected chi connectivity index (χ2v) is 9.72. The summed E-state index contributed by atoms with van der Waals surface area (Å²) < 4.78 is 11.5. The second-order valence-electron chi connectivity index (χ2n) is 8.73. The first-order valence-electron chi connectivity index (χ1n) is 10.7. The topological polar surface area (TPSA) is 76.1 Å². The van der Waals surface area contributed by atoms with Crippen LogP contribution < -0.4 is 4.74 Å². The van der Waals surface area contributed by atoms with Crippen LogP contribution in [0.15, 0.2) is 35.2 Å². The molecule has 1 aromatic carbocycles. The molecule has 2 rings (SSSR count). The summed E-state index contributed by atoms with van der Waals surface area (Å²) in [7, 11) is 1.72. The fraction of sp³-hybridized carbons (Fsp3) is 0.440. The lowest BCUT2D eigenvalue weighted by atomic mass is 10.0. The Morgan fingerprint density at radius 1 is 1.22 bits per heavy atom. The Kier molecular flexibility index (Phi) is 8.89. The molecule has 0 saturated carbocycles. The van der Waals surface area contributed by atoms with Crippen LogP contribution in [0.4, 0.5) is 4.79 Å². The number of nitrogens with zero attached hydrogens (tertiary/aromatic N) is 1. The molecule has 0 unspecified atom stereocenters. The van der Waals surface area contributed by atoms with Gasteiger partial charge in [0.05, 0.1) is 13.2 Å². The summed E-state index contributed by atoms with van der Waals surface area (Å²) in [6.45, 7) is 10.2. The number of unbranched alkanes of at least 4 members (excludes halogenated alkanes) is 1. The molecule has 1 aromatic heterocycles. The number of benzene rings is 1. The van der Waals surface area contributed by atoms with Gasteiger partial charge in [0, 0.05) is 23.1 Å². The van der Waals surface area contributed by atoms with Crippen molar-refractivity contribution in [2.24, 2.45) is 0 Å². The van der Waals surface area contributed by atoms with Crippen LogP contribution in [-0.4, -0.2) is 41.3 Å². The summed E-state index contributed by atoms with van der Waals surface area (Å²) in [4.78, 5) is 26.0. The van der Waals surface area contributed by atoms with Crippen molar-refractivity contribution in [2.75, 3.05) is 13.7 Å². The predicted octanol–water partition coefficient (Wildman–Crippen LogP) is 6.45. The van der Waals surface area contributed by atoms with Gasteiger partial charge >= 0.3 is 12.1 Å². The van der Waals surface area contributed by atoms with E-state index in [0.29, 0.717) is 13.2 Å². The molecule has 32 heavy (non-hydrogen) atoms. The Morgan fingerprint density at radius 2 is 1.94 bits per heavy atom. The zero-order chi connectivity index (χ0) is 23.9. The highest BCUT2D eigenvalue weighted by Crippen LogP contribution is 2.35. The van der Waals surface area contributed by atoms with Crippen molar-refractivity contribution in [2.45, 2.75) is 59.6 Å². The van der Waals surface area contributed by atoms with E-state index in [2.05, 4.69) is 6.92 Å². The first kappa shape index (κ1) is 25.5. The molecule has 174 valence electrons. The van der Waals surface area contributed by atoms with E-state index in [1.807, 2.05) is 50.4 Å². The van der Waals surface area contributed by atoms with Gasteiger partial charge in [-0.15, -0.1) is 11.3 Å². The third kappa shape index (κ3) is 7.71. The number of amides is 1. The van der Waals surface area contributed by atoms with Gasteiger partial charge in [-0.3, -0.25) is 0 Å². The lowest BCUT2D eigenvalue weighted by Crippen LogP contribution is -2.33. The minimum Gasteiger partial charge on any atom is -0.493 e. The largest absolute Gasteiger partial charge is 0.493 e. The quantitative estimate of drug-likeness (QED) is 0.344. The fourth-order valence-electron chi connectivity index (χ4n) is 2.87. The molecule has 0 saturated heterocycles. The zero-order valence-corrected chi connectivity index (χ0v) is 20.5. The lowest BCUT2D eigenvalue weighted by molar-refractivity contribution is -0.132. The second kappa shape index (κ2) is 11.2. The van der Waals surface area contributed by atoms with Gasteiger partial charge in [0.2, 0.25) is 0 Å². The Balaban J connectivity index is 2.26. The smallest absolute Gasteiger partial charge is 0.410 e. The Hall–Kier alpha value is -2.80. The van der Waals surface area contributed by atoms with E-state index in [9.17, 15) is 9.59 Å². The summed E-state index contributed by atoms with van der Waals surface area (Å²) in [6, 6.07) is 7.76. The van der Waals surface area contributed by atoms with E-state index in [0.717, 1.165) is 40.2 Å². The molecule has 0 aliphatic heterocycles.